The lowest BCUT2D eigenvalue weighted by Crippen LogP contribution is -2.53. The molecule has 108 valence electrons. The largest absolute Gasteiger partial charge is 0.390 e. The van der Waals surface area contributed by atoms with E-state index in [4.69, 9.17) is 0 Å². The Morgan fingerprint density at radius 2 is 1.42 bits per heavy atom. The molecule has 19 heavy (non-hydrogen) atoms. The molecule has 0 amide bonds. The summed E-state index contributed by atoms with van der Waals surface area (Å²) in [4.78, 5) is 2.67. The Morgan fingerprint density at radius 3 is 1.89 bits per heavy atom. The molecule has 0 atom stereocenters. The number of likely N-dealkylation sites (tertiary alicyclic amines) is 1. The first-order valence-corrected chi connectivity index (χ1v) is 8.47. The molecule has 4 aliphatic carbocycles. The summed E-state index contributed by atoms with van der Waals surface area (Å²) in [6.07, 6.45) is 11.2. The summed E-state index contributed by atoms with van der Waals surface area (Å²) >= 11 is 0. The Morgan fingerprint density at radius 1 is 0.947 bits per heavy atom. The monoisotopic (exact) mass is 263 g/mol. The van der Waals surface area contributed by atoms with Crippen LogP contribution in [0, 0.1) is 23.2 Å². The van der Waals surface area contributed by atoms with Crippen molar-refractivity contribution >= 4 is 0 Å². The number of rotatable bonds is 2. The van der Waals surface area contributed by atoms with Crippen LogP contribution in [0.25, 0.3) is 0 Å². The van der Waals surface area contributed by atoms with Crippen molar-refractivity contribution in [1.29, 1.82) is 0 Å². The van der Waals surface area contributed by atoms with Crippen LogP contribution in [-0.4, -0.2) is 35.2 Å². The van der Waals surface area contributed by atoms with Gasteiger partial charge in [-0.1, -0.05) is 0 Å². The zero-order chi connectivity index (χ0) is 13.1. The molecule has 1 aliphatic heterocycles. The summed E-state index contributed by atoms with van der Waals surface area (Å²) in [5.74, 6) is 3.21. The van der Waals surface area contributed by atoms with Gasteiger partial charge >= 0.3 is 0 Å². The summed E-state index contributed by atoms with van der Waals surface area (Å²) in [7, 11) is 0. The van der Waals surface area contributed by atoms with Gasteiger partial charge in [0, 0.05) is 19.6 Å². The van der Waals surface area contributed by atoms with E-state index < -0.39 is 5.60 Å². The molecule has 1 saturated heterocycles. The number of hydrogen-bond donors (Lipinski definition) is 1. The van der Waals surface area contributed by atoms with Gasteiger partial charge in [0.05, 0.1) is 5.60 Å². The first-order chi connectivity index (χ1) is 9.02. The maximum absolute atomic E-state index is 10.1. The van der Waals surface area contributed by atoms with Crippen molar-refractivity contribution in [2.45, 2.75) is 63.9 Å². The van der Waals surface area contributed by atoms with Crippen molar-refractivity contribution in [3.63, 3.8) is 0 Å². The van der Waals surface area contributed by atoms with Gasteiger partial charge in [0.1, 0.15) is 0 Å². The van der Waals surface area contributed by atoms with Gasteiger partial charge in [-0.05, 0) is 81.5 Å². The third kappa shape index (κ3) is 2.35. The Bertz CT molecular complexity index is 317. The van der Waals surface area contributed by atoms with E-state index in [1.165, 1.54) is 25.8 Å². The minimum atomic E-state index is -0.391. The van der Waals surface area contributed by atoms with Crippen molar-refractivity contribution in [2.75, 3.05) is 19.6 Å². The zero-order valence-electron chi connectivity index (χ0n) is 12.4. The molecule has 0 radical (unpaired) electrons. The third-order valence-electron chi connectivity index (χ3n) is 6.66. The summed E-state index contributed by atoms with van der Waals surface area (Å²) < 4.78 is 0. The van der Waals surface area contributed by atoms with E-state index >= 15 is 0 Å². The van der Waals surface area contributed by atoms with Gasteiger partial charge in [0.2, 0.25) is 0 Å². The lowest BCUT2D eigenvalue weighted by molar-refractivity contribution is -0.0825. The molecule has 0 unspecified atom stereocenters. The fourth-order valence-corrected chi connectivity index (χ4v) is 6.15. The molecule has 1 heterocycles. The number of aliphatic hydroxyl groups is 1. The molecule has 4 saturated carbocycles. The Labute approximate surface area is 117 Å². The van der Waals surface area contributed by atoms with Crippen LogP contribution in [0.15, 0.2) is 0 Å². The Kier molecular flexibility index (Phi) is 2.80. The van der Waals surface area contributed by atoms with Crippen molar-refractivity contribution in [1.82, 2.24) is 4.90 Å². The van der Waals surface area contributed by atoms with Crippen molar-refractivity contribution in [2.24, 2.45) is 23.2 Å². The molecule has 1 N–H and O–H groups in total. The molecular formula is C17H29NO. The highest BCUT2D eigenvalue weighted by atomic mass is 16.3. The van der Waals surface area contributed by atoms with E-state index in [2.05, 4.69) is 4.90 Å². The molecule has 0 spiro atoms. The smallest absolute Gasteiger partial charge is 0.0644 e. The van der Waals surface area contributed by atoms with E-state index in [0.717, 1.165) is 43.7 Å². The van der Waals surface area contributed by atoms with Crippen LogP contribution in [-0.2, 0) is 0 Å². The maximum atomic E-state index is 10.1. The van der Waals surface area contributed by atoms with Gasteiger partial charge in [0.15, 0.2) is 0 Å². The molecule has 2 heteroatoms. The molecule has 0 aromatic rings. The van der Waals surface area contributed by atoms with Crippen LogP contribution in [0.5, 0.6) is 0 Å². The van der Waals surface area contributed by atoms with Crippen molar-refractivity contribution in [3.8, 4) is 0 Å². The van der Waals surface area contributed by atoms with E-state index in [-0.39, 0.29) is 0 Å². The average Bonchev–Trinajstić information content (AvgIpc) is 2.30. The zero-order valence-corrected chi connectivity index (χ0v) is 12.4. The number of piperidine rings is 1. The SMILES string of the molecule is CC1(O)CCN(CC23CC4CC(CC(C4)C2)C3)CC1. The molecule has 0 aromatic carbocycles. The van der Waals surface area contributed by atoms with E-state index in [9.17, 15) is 5.11 Å². The highest BCUT2D eigenvalue weighted by Crippen LogP contribution is 2.60. The Balaban J connectivity index is 1.43. The van der Waals surface area contributed by atoms with Gasteiger partial charge in [-0.2, -0.15) is 0 Å². The fourth-order valence-electron chi connectivity index (χ4n) is 6.15. The molecule has 5 rings (SSSR count). The molecule has 4 bridgehead atoms. The minimum Gasteiger partial charge on any atom is -0.390 e. The van der Waals surface area contributed by atoms with Gasteiger partial charge in [-0.25, -0.2) is 0 Å². The van der Waals surface area contributed by atoms with Gasteiger partial charge in [0.25, 0.3) is 0 Å². The predicted octanol–water partition coefficient (Wildman–Crippen LogP) is 3.05. The van der Waals surface area contributed by atoms with Gasteiger partial charge < -0.3 is 10.0 Å². The van der Waals surface area contributed by atoms with E-state index in [1.54, 1.807) is 19.3 Å². The fraction of sp³-hybridized carbons (Fsp3) is 1.00. The normalized spacial score (nSPS) is 48.6. The summed E-state index contributed by atoms with van der Waals surface area (Å²) in [5.41, 5.74) is 0.288. The van der Waals surface area contributed by atoms with Crippen LogP contribution in [0.1, 0.15) is 58.3 Å². The quantitative estimate of drug-likeness (QED) is 0.827. The standard InChI is InChI=1S/C17H29NO/c1-16(19)2-4-18(5-3-16)12-17-9-13-6-14(10-17)8-15(7-13)11-17/h13-15,19H,2-12H2,1H3. The molecular weight excluding hydrogens is 234 g/mol. The second-order valence-electron chi connectivity index (χ2n) is 8.69. The lowest BCUT2D eigenvalue weighted by atomic mass is 9.49. The van der Waals surface area contributed by atoms with Crippen LogP contribution in [0.3, 0.4) is 0 Å². The topological polar surface area (TPSA) is 23.5 Å². The van der Waals surface area contributed by atoms with Crippen LogP contribution in [0.4, 0.5) is 0 Å². The first kappa shape index (κ1) is 12.6. The maximum Gasteiger partial charge on any atom is 0.0644 e. The van der Waals surface area contributed by atoms with E-state index in [1.807, 2.05) is 6.92 Å². The summed E-state index contributed by atoms with van der Waals surface area (Å²) in [6, 6.07) is 0. The average molecular weight is 263 g/mol. The van der Waals surface area contributed by atoms with Crippen LogP contribution in [0.2, 0.25) is 0 Å². The molecule has 5 fully saturated rings. The van der Waals surface area contributed by atoms with Crippen LogP contribution < -0.4 is 0 Å². The molecule has 0 aromatic heterocycles. The second kappa shape index (κ2) is 4.21. The Hall–Kier alpha value is -0.0800. The van der Waals surface area contributed by atoms with Gasteiger partial charge in [-0.15, -0.1) is 0 Å². The molecule has 5 aliphatic rings. The number of hydrogen-bond acceptors (Lipinski definition) is 2. The lowest BCUT2D eigenvalue weighted by Gasteiger charge is -2.58. The summed E-state index contributed by atoms with van der Waals surface area (Å²) in [5, 5.41) is 10.1. The number of nitrogens with zero attached hydrogens (tertiary/aromatic N) is 1. The first-order valence-electron chi connectivity index (χ1n) is 8.47. The third-order valence-corrected chi connectivity index (χ3v) is 6.66. The minimum absolute atomic E-state index is 0.391. The van der Waals surface area contributed by atoms with E-state index in [0.29, 0.717) is 5.41 Å². The predicted molar refractivity (Wildman–Crippen MR) is 76.9 cm³/mol. The van der Waals surface area contributed by atoms with Gasteiger partial charge in [-0.3, -0.25) is 0 Å². The van der Waals surface area contributed by atoms with Crippen molar-refractivity contribution in [3.05, 3.63) is 0 Å². The second-order valence-corrected chi connectivity index (χ2v) is 8.69. The molecule has 2 nitrogen and oxygen atoms in total. The highest BCUT2D eigenvalue weighted by Gasteiger charge is 2.51. The van der Waals surface area contributed by atoms with Crippen LogP contribution >= 0.6 is 0 Å². The van der Waals surface area contributed by atoms with Crippen molar-refractivity contribution < 1.29 is 5.11 Å². The highest BCUT2D eigenvalue weighted by molar-refractivity contribution is 5.03. The summed E-state index contributed by atoms with van der Waals surface area (Å²) in [6.45, 7) is 5.59.